The number of carbonyl (C=O) groups excluding carboxylic acids is 3. The Labute approximate surface area is 293 Å². The normalized spacial score (nSPS) is 16.2. The number of hydrogen-bond donors (Lipinski definition) is 1. The minimum atomic E-state index is -0.805. The Kier molecular flexibility index (Phi) is 12.1. The molecule has 14 heteroatoms. The van der Waals surface area contributed by atoms with Gasteiger partial charge >= 0.3 is 12.1 Å². The fraction of sp³-hybridized carbons (Fsp3) is 0.500. The van der Waals surface area contributed by atoms with Crippen molar-refractivity contribution in [3.05, 3.63) is 65.6 Å². The SMILES string of the molecule is Cc1cccnc1N(C(=O)c1ccc(-c2cnn(C)c2/C(N)=N/N=N/C(OC(=O)C(C)C)C(C)C)cc1)[C@@H]1CCCN(C(=O)OC(C)(C)C)C1. The second-order valence-corrected chi connectivity index (χ2v) is 14.1. The molecular weight excluding hydrogens is 638 g/mol. The first-order valence-corrected chi connectivity index (χ1v) is 16.9. The highest BCUT2D eigenvalue weighted by molar-refractivity contribution is 6.07. The Morgan fingerprint density at radius 1 is 1.08 bits per heavy atom. The number of nitrogens with two attached hydrogens (primary N) is 1. The van der Waals surface area contributed by atoms with Gasteiger partial charge in [0.25, 0.3) is 5.91 Å². The number of piperidine rings is 1. The van der Waals surface area contributed by atoms with Gasteiger partial charge in [-0.25, -0.2) is 9.78 Å². The highest BCUT2D eigenvalue weighted by Gasteiger charge is 2.35. The van der Waals surface area contributed by atoms with E-state index >= 15 is 0 Å². The summed E-state index contributed by atoms with van der Waals surface area (Å²) in [7, 11) is 1.73. The van der Waals surface area contributed by atoms with E-state index < -0.39 is 17.9 Å². The Morgan fingerprint density at radius 3 is 2.40 bits per heavy atom. The summed E-state index contributed by atoms with van der Waals surface area (Å²) in [6, 6.07) is 10.6. The van der Waals surface area contributed by atoms with Crippen molar-refractivity contribution in [2.45, 2.75) is 86.1 Å². The van der Waals surface area contributed by atoms with Crippen LogP contribution in [-0.2, 0) is 21.3 Å². The van der Waals surface area contributed by atoms with Crippen LogP contribution in [0.25, 0.3) is 11.1 Å². The maximum Gasteiger partial charge on any atom is 0.410 e. The summed E-state index contributed by atoms with van der Waals surface area (Å²) < 4.78 is 12.6. The third-order valence-corrected chi connectivity index (χ3v) is 8.06. The summed E-state index contributed by atoms with van der Waals surface area (Å²) >= 11 is 0. The van der Waals surface area contributed by atoms with Gasteiger partial charge in [-0.05, 0) is 75.1 Å². The van der Waals surface area contributed by atoms with Crippen molar-refractivity contribution in [1.29, 1.82) is 0 Å². The van der Waals surface area contributed by atoms with Crippen molar-refractivity contribution >= 4 is 29.6 Å². The van der Waals surface area contributed by atoms with E-state index in [0.29, 0.717) is 48.6 Å². The molecule has 3 heterocycles. The maximum atomic E-state index is 14.3. The van der Waals surface area contributed by atoms with Crippen LogP contribution in [0.15, 0.2) is 64.2 Å². The predicted octanol–water partition coefficient (Wildman–Crippen LogP) is 6.09. The lowest BCUT2D eigenvalue weighted by atomic mass is 10.0. The van der Waals surface area contributed by atoms with Gasteiger partial charge in [0.1, 0.15) is 17.1 Å². The van der Waals surface area contributed by atoms with Gasteiger partial charge < -0.3 is 20.1 Å². The first-order valence-electron chi connectivity index (χ1n) is 16.9. The Morgan fingerprint density at radius 2 is 1.78 bits per heavy atom. The fourth-order valence-corrected chi connectivity index (χ4v) is 5.43. The third kappa shape index (κ3) is 9.30. The number of likely N-dealkylation sites (tertiary alicyclic amines) is 1. The molecule has 4 rings (SSSR count). The largest absolute Gasteiger partial charge is 0.444 e. The van der Waals surface area contributed by atoms with E-state index in [0.717, 1.165) is 11.1 Å². The zero-order valence-electron chi connectivity index (χ0n) is 30.5. The summed E-state index contributed by atoms with van der Waals surface area (Å²) in [6.45, 7) is 15.5. The van der Waals surface area contributed by atoms with Crippen LogP contribution < -0.4 is 10.6 Å². The highest BCUT2D eigenvalue weighted by atomic mass is 16.6. The van der Waals surface area contributed by atoms with E-state index in [9.17, 15) is 14.4 Å². The minimum absolute atomic E-state index is 0.0604. The van der Waals surface area contributed by atoms with Crippen molar-refractivity contribution in [3.63, 3.8) is 0 Å². The number of ether oxygens (including phenoxy) is 2. The van der Waals surface area contributed by atoms with Gasteiger partial charge in [-0.15, -0.1) is 10.2 Å². The summed E-state index contributed by atoms with van der Waals surface area (Å²) in [5.41, 5.74) is 8.94. The van der Waals surface area contributed by atoms with E-state index in [4.69, 9.17) is 15.2 Å². The molecule has 1 aliphatic rings. The lowest BCUT2D eigenvalue weighted by Crippen LogP contribution is -2.53. The van der Waals surface area contributed by atoms with Crippen LogP contribution in [0.3, 0.4) is 0 Å². The van der Waals surface area contributed by atoms with Gasteiger partial charge in [0.2, 0.25) is 6.23 Å². The van der Waals surface area contributed by atoms with Crippen LogP contribution in [0.4, 0.5) is 10.6 Å². The quantitative estimate of drug-likeness (QED) is 0.0877. The maximum absolute atomic E-state index is 14.3. The van der Waals surface area contributed by atoms with Gasteiger partial charge in [0.05, 0.1) is 18.2 Å². The molecule has 3 aromatic rings. The highest BCUT2D eigenvalue weighted by Crippen LogP contribution is 2.29. The predicted molar refractivity (Wildman–Crippen MR) is 190 cm³/mol. The molecule has 14 nitrogen and oxygen atoms in total. The summed E-state index contributed by atoms with van der Waals surface area (Å²) in [5.74, 6) is -0.432. The van der Waals surface area contributed by atoms with Crippen LogP contribution in [0.5, 0.6) is 0 Å². The van der Waals surface area contributed by atoms with Crippen molar-refractivity contribution in [3.8, 4) is 11.1 Å². The number of esters is 1. The molecular formula is C36H49N9O5. The van der Waals surface area contributed by atoms with Crippen molar-refractivity contribution in [2.24, 2.45) is 40.1 Å². The molecule has 268 valence electrons. The molecule has 1 unspecified atom stereocenters. The van der Waals surface area contributed by atoms with E-state index in [1.54, 1.807) is 59.9 Å². The van der Waals surface area contributed by atoms with Crippen LogP contribution in [0.2, 0.25) is 0 Å². The number of nitrogens with zero attached hydrogens (tertiary/aromatic N) is 8. The summed E-state index contributed by atoms with van der Waals surface area (Å²) in [6.07, 6.45) is 3.53. The lowest BCUT2D eigenvalue weighted by Gasteiger charge is -2.39. The number of hydrogen-bond acceptors (Lipinski definition) is 9. The minimum Gasteiger partial charge on any atom is -0.444 e. The van der Waals surface area contributed by atoms with Gasteiger partial charge in [0, 0.05) is 43.4 Å². The fourth-order valence-electron chi connectivity index (χ4n) is 5.43. The Balaban J connectivity index is 1.60. The van der Waals surface area contributed by atoms with Crippen LogP contribution >= 0.6 is 0 Å². The topological polar surface area (TPSA) is 170 Å². The molecule has 0 saturated carbocycles. The van der Waals surface area contributed by atoms with Gasteiger partial charge in [-0.1, -0.05) is 45.9 Å². The van der Waals surface area contributed by atoms with E-state index in [1.165, 1.54) is 0 Å². The average Bonchev–Trinajstić information content (AvgIpc) is 3.45. The van der Waals surface area contributed by atoms with Crippen LogP contribution in [-0.4, -0.2) is 74.4 Å². The second-order valence-electron chi connectivity index (χ2n) is 14.1. The number of benzene rings is 1. The smallest absolute Gasteiger partial charge is 0.410 e. The Bertz CT molecular complexity index is 1720. The number of carbonyl (C=O) groups is 3. The first kappa shape index (κ1) is 37.7. The average molecular weight is 688 g/mol. The molecule has 1 saturated heterocycles. The molecule has 0 spiro atoms. The molecule has 1 fully saturated rings. The molecule has 2 N–H and O–H groups in total. The van der Waals surface area contributed by atoms with Crippen LogP contribution in [0, 0.1) is 18.8 Å². The third-order valence-electron chi connectivity index (χ3n) is 8.06. The summed E-state index contributed by atoms with van der Waals surface area (Å²) in [5, 5.41) is 16.4. The molecule has 0 bridgehead atoms. The monoisotopic (exact) mass is 687 g/mol. The number of anilines is 1. The summed E-state index contributed by atoms with van der Waals surface area (Å²) in [4.78, 5) is 47.3. The molecule has 2 atom stereocenters. The molecule has 2 amide bonds. The van der Waals surface area contributed by atoms with E-state index in [-0.39, 0.29) is 35.6 Å². The van der Waals surface area contributed by atoms with E-state index in [2.05, 4.69) is 25.5 Å². The number of amidine groups is 1. The van der Waals surface area contributed by atoms with Crippen molar-refractivity contribution in [1.82, 2.24) is 19.7 Å². The molecule has 0 radical (unpaired) electrons. The zero-order chi connectivity index (χ0) is 36.7. The second kappa shape index (κ2) is 16.0. The van der Waals surface area contributed by atoms with E-state index in [1.807, 2.05) is 65.8 Å². The number of aromatic nitrogens is 3. The van der Waals surface area contributed by atoms with Crippen molar-refractivity contribution in [2.75, 3.05) is 18.0 Å². The number of rotatable bonds is 10. The molecule has 1 aromatic carbocycles. The zero-order valence-corrected chi connectivity index (χ0v) is 30.5. The number of pyridine rings is 1. The van der Waals surface area contributed by atoms with Gasteiger partial charge in [0.15, 0.2) is 5.84 Å². The molecule has 50 heavy (non-hydrogen) atoms. The number of amides is 2. The van der Waals surface area contributed by atoms with Crippen molar-refractivity contribution < 1.29 is 23.9 Å². The molecule has 0 aliphatic carbocycles. The van der Waals surface area contributed by atoms with Gasteiger partial charge in [-0.2, -0.15) is 5.10 Å². The Hall–Kier alpha value is -5.14. The molecule has 2 aromatic heterocycles. The van der Waals surface area contributed by atoms with Crippen LogP contribution in [0.1, 0.15) is 82.9 Å². The standard InChI is InChI=1S/C36H49N9O5/c1-22(2)32(49-34(47)23(3)4)41-42-40-30(37)29-28(20-39-43(29)9)25-14-16-26(17-15-25)33(46)45(31-24(5)12-10-18-38-31)27-13-11-19-44(21-27)35(48)50-36(6,7)8/h10,12,14-18,20,22-23,27,32H,11,13,19,21H2,1-9H3,(H2,37,40,41)/t27-,32?/m1/s1. The lowest BCUT2D eigenvalue weighted by molar-refractivity contribution is -0.154. The van der Waals surface area contributed by atoms with Gasteiger partial charge in [-0.3, -0.25) is 19.2 Å². The first-order chi connectivity index (χ1) is 23.6. The molecule has 1 aliphatic heterocycles. The number of aryl methyl sites for hydroxylation is 2.